The Balaban J connectivity index is 2.11. The van der Waals surface area contributed by atoms with Crippen LogP contribution in [-0.4, -0.2) is 63.0 Å². The Bertz CT molecular complexity index is 488. The fourth-order valence-corrected chi connectivity index (χ4v) is 2.76. The van der Waals surface area contributed by atoms with Crippen molar-refractivity contribution in [3.63, 3.8) is 0 Å². The van der Waals surface area contributed by atoms with Crippen LogP contribution in [0.4, 0.5) is 0 Å². The largest absolute Gasteiger partial charge is 0.476 e. The molecular weight excluding hydrogens is 248 g/mol. The van der Waals surface area contributed by atoms with E-state index in [9.17, 15) is 13.2 Å². The molecule has 0 amide bonds. The van der Waals surface area contributed by atoms with E-state index in [0.717, 1.165) is 6.08 Å². The van der Waals surface area contributed by atoms with Crippen molar-refractivity contribution in [3.05, 3.63) is 11.0 Å². The molecule has 0 unspecified atom stereocenters. The second-order valence-electron chi connectivity index (χ2n) is 3.76. The third kappa shape index (κ3) is 2.71. The summed E-state index contributed by atoms with van der Waals surface area (Å²) in [7, 11) is -3.79. The summed E-state index contributed by atoms with van der Waals surface area (Å²) in [6.45, 7) is 2.57. The summed E-state index contributed by atoms with van der Waals surface area (Å²) in [6.07, 6.45) is 1.12. The molecule has 0 aliphatic carbocycles. The van der Waals surface area contributed by atoms with Crippen molar-refractivity contribution in [1.82, 2.24) is 4.90 Å². The summed E-state index contributed by atoms with van der Waals surface area (Å²) < 4.78 is 31.5. The molecule has 2 rings (SSSR count). The minimum absolute atomic E-state index is 0.0387. The predicted molar refractivity (Wildman–Crippen MR) is 59.3 cm³/mol. The topological polar surface area (TPSA) is 96.3 Å². The third-order valence-electron chi connectivity index (χ3n) is 2.55. The lowest BCUT2D eigenvalue weighted by atomic mass is 10.3. The quantitative estimate of drug-likeness (QED) is 0.704. The molecule has 1 saturated heterocycles. The van der Waals surface area contributed by atoms with E-state index in [2.05, 4.69) is 4.40 Å². The van der Waals surface area contributed by atoms with Gasteiger partial charge in [-0.1, -0.05) is 0 Å². The molecule has 0 radical (unpaired) electrons. The van der Waals surface area contributed by atoms with E-state index in [1.807, 2.05) is 4.90 Å². The van der Waals surface area contributed by atoms with Crippen LogP contribution in [0.2, 0.25) is 0 Å². The second kappa shape index (κ2) is 4.55. The van der Waals surface area contributed by atoms with Crippen LogP contribution >= 0.6 is 0 Å². The van der Waals surface area contributed by atoms with Gasteiger partial charge in [-0.05, 0) is 6.08 Å². The molecule has 1 N–H and O–H groups in total. The molecule has 1 fully saturated rings. The molecule has 0 aromatic rings. The number of ether oxygens (including phenoxy) is 1. The van der Waals surface area contributed by atoms with Crippen LogP contribution in [0.5, 0.6) is 0 Å². The highest BCUT2D eigenvalue weighted by Crippen LogP contribution is 2.18. The van der Waals surface area contributed by atoms with Crippen molar-refractivity contribution in [2.75, 3.05) is 32.8 Å². The molecule has 0 aromatic carbocycles. The van der Waals surface area contributed by atoms with Crippen LogP contribution < -0.4 is 0 Å². The first-order valence-electron chi connectivity index (χ1n) is 5.08. The fraction of sp³-hybridized carbons (Fsp3) is 0.556. The Hall–Kier alpha value is -1.25. The minimum atomic E-state index is -3.79. The molecule has 0 saturated carbocycles. The van der Waals surface area contributed by atoms with E-state index in [1.54, 1.807) is 0 Å². The molecule has 0 spiro atoms. The summed E-state index contributed by atoms with van der Waals surface area (Å²) in [4.78, 5) is 12.6. The van der Waals surface area contributed by atoms with Gasteiger partial charge in [0.15, 0.2) is 5.71 Å². The Labute approximate surface area is 98.4 Å². The average molecular weight is 260 g/mol. The zero-order valence-electron chi connectivity index (χ0n) is 9.00. The van der Waals surface area contributed by atoms with Gasteiger partial charge in [-0.2, -0.15) is 12.8 Å². The van der Waals surface area contributed by atoms with E-state index in [4.69, 9.17) is 9.84 Å². The normalized spacial score (nSPS) is 24.2. The lowest BCUT2D eigenvalue weighted by Crippen LogP contribution is -2.38. The maximum Gasteiger partial charge on any atom is 0.355 e. The Morgan fingerprint density at radius 2 is 2.12 bits per heavy atom. The van der Waals surface area contributed by atoms with Crippen LogP contribution in [0.1, 0.15) is 0 Å². The molecule has 94 valence electrons. The monoisotopic (exact) mass is 260 g/mol. The molecule has 17 heavy (non-hydrogen) atoms. The molecule has 7 nitrogen and oxygen atoms in total. The summed E-state index contributed by atoms with van der Waals surface area (Å²) in [6, 6.07) is 0. The highest BCUT2D eigenvalue weighted by Gasteiger charge is 2.29. The second-order valence-corrected chi connectivity index (χ2v) is 5.41. The molecule has 0 aromatic heterocycles. The number of carboxylic acid groups (broad SMARTS) is 1. The Morgan fingerprint density at radius 3 is 2.65 bits per heavy atom. The first kappa shape index (κ1) is 12.2. The van der Waals surface area contributed by atoms with Crippen LogP contribution in [0.3, 0.4) is 0 Å². The van der Waals surface area contributed by atoms with Crippen LogP contribution in [0, 0.1) is 0 Å². The maximum absolute atomic E-state index is 11.6. The number of carboxylic acids is 1. The van der Waals surface area contributed by atoms with Crippen molar-refractivity contribution in [1.29, 1.82) is 0 Å². The van der Waals surface area contributed by atoms with Crippen molar-refractivity contribution < 1.29 is 23.1 Å². The SMILES string of the molecule is O=C(O)C1=NS(=O)(=O)C(CN2CCOCC2)=C1. The van der Waals surface area contributed by atoms with Crippen LogP contribution in [-0.2, 0) is 19.6 Å². The molecule has 0 bridgehead atoms. The predicted octanol–water partition coefficient (Wildman–Crippen LogP) is -0.928. The number of hydrogen-bond donors (Lipinski definition) is 1. The fourth-order valence-electron chi connectivity index (χ4n) is 1.65. The van der Waals surface area contributed by atoms with Crippen molar-refractivity contribution in [2.45, 2.75) is 0 Å². The van der Waals surface area contributed by atoms with Gasteiger partial charge in [0.25, 0.3) is 10.0 Å². The lowest BCUT2D eigenvalue weighted by Gasteiger charge is -2.26. The first-order valence-corrected chi connectivity index (χ1v) is 6.52. The van der Waals surface area contributed by atoms with Crippen molar-refractivity contribution in [2.24, 2.45) is 4.40 Å². The van der Waals surface area contributed by atoms with Gasteiger partial charge in [-0.3, -0.25) is 4.90 Å². The number of rotatable bonds is 3. The van der Waals surface area contributed by atoms with Gasteiger partial charge >= 0.3 is 5.97 Å². The van der Waals surface area contributed by atoms with Gasteiger partial charge in [-0.25, -0.2) is 4.79 Å². The standard InChI is InChI=1S/C9H12N2O5S/c12-9(13)8-5-7(17(14,15)10-8)6-11-1-3-16-4-2-11/h5H,1-4,6H2,(H,12,13). The van der Waals surface area contributed by atoms with E-state index < -0.39 is 21.7 Å². The number of carbonyl (C=O) groups is 1. The zero-order chi connectivity index (χ0) is 12.5. The van der Waals surface area contributed by atoms with Crippen LogP contribution in [0.25, 0.3) is 0 Å². The smallest absolute Gasteiger partial charge is 0.355 e. The summed E-state index contributed by atoms with van der Waals surface area (Å²) in [5, 5.41) is 8.70. The Kier molecular flexibility index (Phi) is 3.27. The summed E-state index contributed by atoms with van der Waals surface area (Å²) in [5.74, 6) is -1.33. The summed E-state index contributed by atoms with van der Waals surface area (Å²) in [5.41, 5.74) is -0.423. The van der Waals surface area contributed by atoms with Gasteiger partial charge in [0.1, 0.15) is 0 Å². The number of hydrogen-bond acceptors (Lipinski definition) is 5. The van der Waals surface area contributed by atoms with Gasteiger partial charge in [0, 0.05) is 19.6 Å². The Morgan fingerprint density at radius 1 is 1.47 bits per heavy atom. The van der Waals surface area contributed by atoms with Gasteiger partial charge in [0.2, 0.25) is 0 Å². The average Bonchev–Trinajstić information content (AvgIpc) is 2.56. The molecule has 2 aliphatic heterocycles. The molecule has 0 atom stereocenters. The number of aliphatic carboxylic acids is 1. The van der Waals surface area contributed by atoms with Crippen molar-refractivity contribution >= 4 is 21.7 Å². The summed E-state index contributed by atoms with van der Waals surface area (Å²) >= 11 is 0. The molecular formula is C9H12N2O5S. The van der Waals surface area contributed by atoms with Crippen LogP contribution in [0.15, 0.2) is 15.4 Å². The molecule has 8 heteroatoms. The van der Waals surface area contributed by atoms with Gasteiger partial charge in [-0.15, -0.1) is 0 Å². The third-order valence-corrected chi connectivity index (χ3v) is 3.90. The maximum atomic E-state index is 11.6. The van der Waals surface area contributed by atoms with E-state index in [1.165, 1.54) is 0 Å². The molecule has 2 aliphatic rings. The van der Waals surface area contributed by atoms with E-state index >= 15 is 0 Å². The first-order chi connectivity index (χ1) is 7.99. The molecule has 2 heterocycles. The number of sulfonamides is 1. The highest BCUT2D eigenvalue weighted by molar-refractivity contribution is 7.94. The van der Waals surface area contributed by atoms with E-state index in [0.29, 0.717) is 26.3 Å². The number of morpholine rings is 1. The zero-order valence-corrected chi connectivity index (χ0v) is 9.81. The highest BCUT2D eigenvalue weighted by atomic mass is 32.2. The lowest BCUT2D eigenvalue weighted by molar-refractivity contribution is -0.129. The van der Waals surface area contributed by atoms with Gasteiger partial charge < -0.3 is 9.84 Å². The number of nitrogens with zero attached hydrogens (tertiary/aromatic N) is 2. The van der Waals surface area contributed by atoms with E-state index in [-0.39, 0.29) is 11.4 Å². The minimum Gasteiger partial charge on any atom is -0.476 e. The van der Waals surface area contributed by atoms with Crippen molar-refractivity contribution in [3.8, 4) is 0 Å². The van der Waals surface area contributed by atoms with Gasteiger partial charge in [0.05, 0.1) is 18.1 Å².